The molecule has 0 fully saturated rings. The number of nitrogens with zero attached hydrogens (tertiary/aromatic N) is 2. The zero-order valence-corrected chi connectivity index (χ0v) is 12.8. The van der Waals surface area contributed by atoms with Gasteiger partial charge in [-0.05, 0) is 13.5 Å². The second-order valence-corrected chi connectivity index (χ2v) is 6.14. The van der Waals surface area contributed by atoms with E-state index in [-0.39, 0.29) is 17.7 Å². The van der Waals surface area contributed by atoms with E-state index in [9.17, 15) is 8.42 Å². The Kier molecular flexibility index (Phi) is 5.96. The highest BCUT2D eigenvalue weighted by atomic mass is 32.2. The summed E-state index contributed by atoms with van der Waals surface area (Å²) in [5.74, 6) is 0.354. The number of sulfonamides is 1. The number of nitrogens with one attached hydrogen (secondary N) is 2. The van der Waals surface area contributed by atoms with Gasteiger partial charge in [0.15, 0.2) is 0 Å². The van der Waals surface area contributed by atoms with Crippen molar-refractivity contribution in [3.8, 4) is 11.8 Å². The first-order valence-corrected chi connectivity index (χ1v) is 7.67. The molecule has 2 N–H and O–H groups in total. The molecule has 1 atom stereocenters. The maximum atomic E-state index is 12.1. The number of rotatable bonds is 8. The Labute approximate surface area is 119 Å². The number of hydrogen-bond acceptors (Lipinski definition) is 7. The predicted octanol–water partition coefficient (Wildman–Crippen LogP) is 0.234. The lowest BCUT2D eigenvalue weighted by molar-refractivity contribution is 0.373. The number of methoxy groups -OCH3 is 2. The van der Waals surface area contributed by atoms with Crippen LogP contribution in [0.25, 0.3) is 0 Å². The summed E-state index contributed by atoms with van der Waals surface area (Å²) in [6, 6.07) is 1.46. The van der Waals surface area contributed by atoms with Crippen LogP contribution in [0.2, 0.25) is 0 Å². The van der Waals surface area contributed by atoms with E-state index in [0.717, 1.165) is 0 Å². The minimum Gasteiger partial charge on any atom is -0.481 e. The summed E-state index contributed by atoms with van der Waals surface area (Å²) in [6.07, 6.45) is 0. The van der Waals surface area contributed by atoms with E-state index < -0.39 is 15.3 Å². The van der Waals surface area contributed by atoms with Gasteiger partial charge in [0.25, 0.3) is 0 Å². The normalized spacial score (nSPS) is 12.8. The van der Waals surface area contributed by atoms with Crippen molar-refractivity contribution in [1.29, 1.82) is 0 Å². The summed E-state index contributed by atoms with van der Waals surface area (Å²) < 4.78 is 36.4. The molecule has 0 saturated heterocycles. The van der Waals surface area contributed by atoms with Crippen LogP contribution in [-0.4, -0.2) is 50.9 Å². The van der Waals surface area contributed by atoms with E-state index in [1.807, 2.05) is 6.92 Å². The molecule has 1 rings (SSSR count). The molecular weight excluding hydrogens is 284 g/mol. The third-order valence-electron chi connectivity index (χ3n) is 2.54. The van der Waals surface area contributed by atoms with E-state index in [1.54, 1.807) is 6.92 Å². The van der Waals surface area contributed by atoms with Gasteiger partial charge in [-0.2, -0.15) is 9.97 Å². The van der Waals surface area contributed by atoms with Crippen LogP contribution >= 0.6 is 0 Å². The third-order valence-corrected chi connectivity index (χ3v) is 4.24. The van der Waals surface area contributed by atoms with Gasteiger partial charge in [-0.1, -0.05) is 6.92 Å². The van der Waals surface area contributed by atoms with Gasteiger partial charge >= 0.3 is 0 Å². The van der Waals surface area contributed by atoms with Crippen LogP contribution in [0.4, 0.5) is 5.95 Å². The van der Waals surface area contributed by atoms with Crippen LogP contribution in [0.5, 0.6) is 11.8 Å². The second-order valence-electron chi connectivity index (χ2n) is 4.04. The minimum absolute atomic E-state index is 0.0791. The molecule has 0 aliphatic heterocycles. The van der Waals surface area contributed by atoms with Crippen molar-refractivity contribution in [2.24, 2.45) is 0 Å². The van der Waals surface area contributed by atoms with Crippen molar-refractivity contribution in [3.05, 3.63) is 6.07 Å². The highest BCUT2D eigenvalue weighted by Crippen LogP contribution is 2.18. The van der Waals surface area contributed by atoms with Crippen molar-refractivity contribution in [2.45, 2.75) is 19.1 Å². The molecule has 0 aromatic carbocycles. The van der Waals surface area contributed by atoms with Gasteiger partial charge < -0.3 is 14.8 Å². The van der Waals surface area contributed by atoms with E-state index >= 15 is 0 Å². The molecule has 8 nitrogen and oxygen atoms in total. The first-order valence-electron chi connectivity index (χ1n) is 6.12. The van der Waals surface area contributed by atoms with Gasteiger partial charge in [0.1, 0.15) is 0 Å². The molecule has 1 unspecified atom stereocenters. The van der Waals surface area contributed by atoms with Crippen molar-refractivity contribution in [2.75, 3.05) is 32.0 Å². The third kappa shape index (κ3) is 4.49. The van der Waals surface area contributed by atoms with E-state index in [1.165, 1.54) is 20.3 Å². The molecule has 0 saturated carbocycles. The van der Waals surface area contributed by atoms with Crippen LogP contribution in [0.3, 0.4) is 0 Å². The van der Waals surface area contributed by atoms with E-state index in [0.29, 0.717) is 13.1 Å². The van der Waals surface area contributed by atoms with Crippen LogP contribution in [0.1, 0.15) is 13.8 Å². The number of aromatic nitrogens is 2. The Morgan fingerprint density at radius 2 is 1.80 bits per heavy atom. The van der Waals surface area contributed by atoms with Crippen LogP contribution in [0.15, 0.2) is 6.07 Å². The minimum atomic E-state index is -3.58. The van der Waals surface area contributed by atoms with Crippen molar-refractivity contribution < 1.29 is 17.9 Å². The first-order chi connectivity index (χ1) is 9.42. The summed E-state index contributed by atoms with van der Waals surface area (Å²) in [7, 11) is -0.735. The molecule has 0 amide bonds. The Bertz CT molecular complexity index is 513. The fourth-order valence-corrected chi connectivity index (χ4v) is 2.23. The molecule has 0 aliphatic rings. The molecule has 1 aromatic rings. The van der Waals surface area contributed by atoms with Crippen LogP contribution in [-0.2, 0) is 10.0 Å². The molecule has 0 bridgehead atoms. The maximum Gasteiger partial charge on any atom is 0.243 e. The number of anilines is 1. The number of hydrogen-bond donors (Lipinski definition) is 2. The van der Waals surface area contributed by atoms with Gasteiger partial charge in [0, 0.05) is 6.54 Å². The van der Waals surface area contributed by atoms with Crippen molar-refractivity contribution in [1.82, 2.24) is 15.3 Å². The quantitative estimate of drug-likeness (QED) is 0.709. The summed E-state index contributed by atoms with van der Waals surface area (Å²) in [6.45, 7) is 4.54. The Morgan fingerprint density at radius 1 is 1.25 bits per heavy atom. The average molecular weight is 304 g/mol. The molecule has 0 aliphatic carbocycles. The van der Waals surface area contributed by atoms with Crippen LogP contribution < -0.4 is 19.5 Å². The largest absolute Gasteiger partial charge is 0.481 e. The molecule has 1 heterocycles. The first kappa shape index (κ1) is 16.4. The summed E-state index contributed by atoms with van der Waals surface area (Å²) in [5.41, 5.74) is 0. The summed E-state index contributed by atoms with van der Waals surface area (Å²) >= 11 is 0. The molecule has 9 heteroatoms. The number of ether oxygens (including phenoxy) is 2. The zero-order valence-electron chi connectivity index (χ0n) is 12.0. The molecular formula is C11H20N4O4S. The summed E-state index contributed by atoms with van der Waals surface area (Å²) in [4.78, 5) is 7.85. The van der Waals surface area contributed by atoms with Crippen molar-refractivity contribution in [3.63, 3.8) is 0 Å². The highest BCUT2D eigenvalue weighted by molar-refractivity contribution is 7.93. The molecule has 0 radical (unpaired) electrons. The molecule has 114 valence electrons. The Hall–Kier alpha value is -1.61. The monoisotopic (exact) mass is 304 g/mol. The molecule has 20 heavy (non-hydrogen) atoms. The van der Waals surface area contributed by atoms with E-state index in [4.69, 9.17) is 9.47 Å². The van der Waals surface area contributed by atoms with E-state index in [2.05, 4.69) is 20.0 Å². The van der Waals surface area contributed by atoms with Gasteiger partial charge in [0.05, 0.1) is 25.5 Å². The lowest BCUT2D eigenvalue weighted by Gasteiger charge is -2.14. The topological polar surface area (TPSA) is 102 Å². The van der Waals surface area contributed by atoms with Gasteiger partial charge in [-0.15, -0.1) is 0 Å². The lowest BCUT2D eigenvalue weighted by Crippen LogP contribution is -2.35. The van der Waals surface area contributed by atoms with Gasteiger partial charge in [-0.25, -0.2) is 8.42 Å². The Balaban J connectivity index is 2.91. The lowest BCUT2D eigenvalue weighted by atomic mass is 10.5. The molecule has 0 spiro atoms. The molecule has 1 aromatic heterocycles. The smallest absolute Gasteiger partial charge is 0.243 e. The fourth-order valence-electron chi connectivity index (χ4n) is 1.34. The second kappa shape index (κ2) is 7.25. The maximum absolute atomic E-state index is 12.1. The SMILES string of the molecule is CCNCC(C)S(=O)(=O)Nc1nc(OC)cc(OC)n1. The fraction of sp³-hybridized carbons (Fsp3) is 0.636. The highest BCUT2D eigenvalue weighted by Gasteiger charge is 2.22. The van der Waals surface area contributed by atoms with Crippen molar-refractivity contribution >= 4 is 16.0 Å². The Morgan fingerprint density at radius 3 is 2.25 bits per heavy atom. The van der Waals surface area contributed by atoms with Gasteiger partial charge in [-0.3, -0.25) is 4.72 Å². The predicted molar refractivity (Wildman–Crippen MR) is 75.7 cm³/mol. The van der Waals surface area contributed by atoms with Crippen LogP contribution in [0, 0.1) is 0 Å². The average Bonchev–Trinajstić information content (AvgIpc) is 2.43. The standard InChI is InChI=1S/C11H20N4O4S/c1-5-12-7-8(2)20(16,17)15-11-13-9(18-3)6-10(14-11)19-4/h6,8,12H,5,7H2,1-4H3,(H,13,14,15). The summed E-state index contributed by atoms with van der Waals surface area (Å²) in [5, 5.41) is 2.35. The van der Waals surface area contributed by atoms with Gasteiger partial charge in [0.2, 0.25) is 27.7 Å². The zero-order chi connectivity index (χ0) is 15.2.